The molecule has 0 amide bonds. The van der Waals surface area contributed by atoms with Crippen LogP contribution in [0, 0.1) is 0 Å². The lowest BCUT2D eigenvalue weighted by molar-refractivity contribution is -0.176. The van der Waals surface area contributed by atoms with Crippen molar-refractivity contribution in [3.8, 4) is 0 Å². The second-order valence-corrected chi connectivity index (χ2v) is 7.38. The van der Waals surface area contributed by atoms with Crippen LogP contribution in [-0.2, 0) is 35.8 Å². The maximum Gasteiger partial charge on any atom is 0.411 e. The van der Waals surface area contributed by atoms with E-state index in [-0.39, 0.29) is 36.7 Å². The Morgan fingerprint density at radius 1 is 0.906 bits per heavy atom. The van der Waals surface area contributed by atoms with Gasteiger partial charge in [0.1, 0.15) is 6.61 Å². The van der Waals surface area contributed by atoms with Gasteiger partial charge in [0.05, 0.1) is 19.3 Å². The summed E-state index contributed by atoms with van der Waals surface area (Å²) < 4.78 is 46.7. The van der Waals surface area contributed by atoms with E-state index in [1.165, 1.54) is 0 Å². The van der Waals surface area contributed by atoms with E-state index in [4.69, 9.17) is 4.74 Å². The highest BCUT2D eigenvalue weighted by molar-refractivity contribution is 14.0. The minimum atomic E-state index is -4.31. The van der Waals surface area contributed by atoms with Crippen molar-refractivity contribution in [1.82, 2.24) is 10.6 Å². The van der Waals surface area contributed by atoms with E-state index in [0.717, 1.165) is 16.7 Å². The minimum absolute atomic E-state index is 0. The van der Waals surface area contributed by atoms with Gasteiger partial charge in [0.2, 0.25) is 0 Å². The van der Waals surface area contributed by atoms with Crippen LogP contribution in [0.2, 0.25) is 0 Å². The number of alkyl halides is 3. The average Bonchev–Trinajstić information content (AvgIpc) is 2.73. The molecule has 0 saturated carbocycles. The van der Waals surface area contributed by atoms with Crippen molar-refractivity contribution in [2.24, 2.45) is 4.99 Å². The van der Waals surface area contributed by atoms with E-state index in [0.29, 0.717) is 31.2 Å². The van der Waals surface area contributed by atoms with Gasteiger partial charge in [-0.3, -0.25) is 4.99 Å². The first-order chi connectivity index (χ1) is 14.7. The van der Waals surface area contributed by atoms with Crippen molar-refractivity contribution in [1.29, 1.82) is 0 Å². The second kappa shape index (κ2) is 14.3. The van der Waals surface area contributed by atoms with Crippen LogP contribution in [0.15, 0.2) is 53.5 Å². The van der Waals surface area contributed by atoms with Crippen LogP contribution in [-0.4, -0.2) is 31.9 Å². The predicted molar refractivity (Wildman–Crippen MR) is 131 cm³/mol. The number of hydrogen-bond acceptors (Lipinski definition) is 3. The molecule has 2 N–H and O–H groups in total. The summed E-state index contributed by atoms with van der Waals surface area (Å²) in [6, 6.07) is 15.4. The molecule has 9 heteroatoms. The molecule has 0 aromatic heterocycles. The average molecular weight is 565 g/mol. The zero-order valence-corrected chi connectivity index (χ0v) is 20.9. The molecule has 2 aromatic rings. The first-order valence-electron chi connectivity index (χ1n) is 10.1. The molecule has 0 aliphatic carbocycles. The lowest BCUT2D eigenvalue weighted by atomic mass is 10.1. The number of hydrogen-bond donors (Lipinski definition) is 2. The van der Waals surface area contributed by atoms with Gasteiger partial charge in [0.25, 0.3) is 0 Å². The van der Waals surface area contributed by atoms with Crippen LogP contribution in [0.25, 0.3) is 0 Å². The first kappa shape index (κ1) is 28.2. The summed E-state index contributed by atoms with van der Waals surface area (Å²) in [7, 11) is 1.70. The van der Waals surface area contributed by atoms with Gasteiger partial charge in [-0.2, -0.15) is 13.2 Å². The summed E-state index contributed by atoms with van der Waals surface area (Å²) in [6.45, 7) is 4.43. The molecule has 0 heterocycles. The Morgan fingerprint density at radius 3 is 2.09 bits per heavy atom. The Morgan fingerprint density at radius 2 is 1.50 bits per heavy atom. The Kier molecular flexibility index (Phi) is 12.6. The van der Waals surface area contributed by atoms with Crippen LogP contribution in [0.4, 0.5) is 13.2 Å². The smallest absolute Gasteiger partial charge is 0.374 e. The van der Waals surface area contributed by atoms with Gasteiger partial charge >= 0.3 is 6.18 Å². The number of aliphatic imine (C=N–C) groups is 1. The topological polar surface area (TPSA) is 54.9 Å². The van der Waals surface area contributed by atoms with Crippen LogP contribution in [0.5, 0.6) is 0 Å². The summed E-state index contributed by atoms with van der Waals surface area (Å²) in [6.07, 6.45) is -4.12. The fourth-order valence-corrected chi connectivity index (χ4v) is 2.72. The molecular formula is C23H31F3IN3O2. The van der Waals surface area contributed by atoms with Gasteiger partial charge < -0.3 is 20.1 Å². The number of rotatable bonds is 10. The van der Waals surface area contributed by atoms with Gasteiger partial charge in [-0.05, 0) is 36.1 Å². The fraction of sp³-hybridized carbons (Fsp3) is 0.435. The summed E-state index contributed by atoms with van der Waals surface area (Å²) in [5.74, 6) is 0.654. The summed E-state index contributed by atoms with van der Waals surface area (Å²) >= 11 is 0. The third-order valence-electron chi connectivity index (χ3n) is 4.28. The molecule has 2 aromatic carbocycles. The van der Waals surface area contributed by atoms with Crippen molar-refractivity contribution in [3.05, 3.63) is 70.8 Å². The monoisotopic (exact) mass is 565 g/mol. The van der Waals surface area contributed by atoms with Gasteiger partial charge in [-0.25, -0.2) is 0 Å². The van der Waals surface area contributed by atoms with Crippen LogP contribution >= 0.6 is 24.0 Å². The Labute approximate surface area is 204 Å². The Bertz CT molecular complexity index is 828. The lowest BCUT2D eigenvalue weighted by Gasteiger charge is -2.13. The normalized spacial score (nSPS) is 11.9. The maximum atomic E-state index is 12.1. The first-order valence-corrected chi connectivity index (χ1v) is 10.1. The summed E-state index contributed by atoms with van der Waals surface area (Å²) in [5, 5.41) is 6.50. The molecule has 0 aliphatic rings. The zero-order valence-electron chi connectivity index (χ0n) is 18.5. The lowest BCUT2D eigenvalue weighted by Crippen LogP contribution is -2.36. The number of nitrogens with zero attached hydrogens (tertiary/aromatic N) is 1. The predicted octanol–water partition coefficient (Wildman–Crippen LogP) is 5.17. The van der Waals surface area contributed by atoms with Crippen LogP contribution in [0.3, 0.4) is 0 Å². The summed E-state index contributed by atoms with van der Waals surface area (Å²) in [4.78, 5) is 4.22. The highest BCUT2D eigenvalue weighted by Crippen LogP contribution is 2.16. The van der Waals surface area contributed by atoms with Gasteiger partial charge in [-0.1, -0.05) is 48.5 Å². The van der Waals surface area contributed by atoms with Crippen LogP contribution < -0.4 is 10.6 Å². The summed E-state index contributed by atoms with van der Waals surface area (Å²) in [5.41, 5.74) is 3.92. The molecule has 0 unspecified atom stereocenters. The molecule has 0 atom stereocenters. The maximum absolute atomic E-state index is 12.1. The molecule has 2 rings (SSSR count). The highest BCUT2D eigenvalue weighted by atomic mass is 127. The standard InChI is InChI=1S/C23H30F3N3O2.HI/c1-17(2)31-15-21-6-4-5-20(11-21)13-29-22(27-3)28-12-18-7-9-19(10-8-18)14-30-16-23(24,25)26;/h4-11,17H,12-16H2,1-3H3,(H2,27,28,29);1H. The number of halogens is 4. The van der Waals surface area contributed by atoms with Crippen LogP contribution in [0.1, 0.15) is 36.1 Å². The van der Waals surface area contributed by atoms with Gasteiger partial charge in [0.15, 0.2) is 5.96 Å². The van der Waals surface area contributed by atoms with Crippen molar-refractivity contribution < 1.29 is 22.6 Å². The fourth-order valence-electron chi connectivity index (χ4n) is 2.72. The molecule has 0 saturated heterocycles. The van der Waals surface area contributed by atoms with E-state index in [1.807, 2.05) is 44.2 Å². The van der Waals surface area contributed by atoms with E-state index in [1.54, 1.807) is 19.2 Å². The number of guanidine groups is 1. The Hall–Kier alpha value is -1.85. The SMILES string of the molecule is CN=C(NCc1ccc(COCC(F)(F)F)cc1)NCc1cccc(COC(C)C)c1.I. The molecule has 5 nitrogen and oxygen atoms in total. The molecule has 0 spiro atoms. The highest BCUT2D eigenvalue weighted by Gasteiger charge is 2.27. The molecule has 0 radical (unpaired) electrons. The number of nitrogens with one attached hydrogen (secondary N) is 2. The Balaban J connectivity index is 0.00000512. The molecule has 32 heavy (non-hydrogen) atoms. The largest absolute Gasteiger partial charge is 0.411 e. The second-order valence-electron chi connectivity index (χ2n) is 7.38. The van der Waals surface area contributed by atoms with Crippen molar-refractivity contribution in [3.63, 3.8) is 0 Å². The van der Waals surface area contributed by atoms with E-state index < -0.39 is 12.8 Å². The molecule has 0 fully saturated rings. The molecule has 178 valence electrons. The number of ether oxygens (including phenoxy) is 2. The van der Waals surface area contributed by atoms with Gasteiger partial charge in [-0.15, -0.1) is 24.0 Å². The minimum Gasteiger partial charge on any atom is -0.374 e. The van der Waals surface area contributed by atoms with E-state index >= 15 is 0 Å². The van der Waals surface area contributed by atoms with Crippen molar-refractivity contribution >= 4 is 29.9 Å². The zero-order chi connectivity index (χ0) is 22.7. The molecular weight excluding hydrogens is 534 g/mol. The third kappa shape index (κ3) is 11.7. The molecule has 0 aliphatic heterocycles. The van der Waals surface area contributed by atoms with Crippen molar-refractivity contribution in [2.45, 2.75) is 52.4 Å². The van der Waals surface area contributed by atoms with Gasteiger partial charge in [0, 0.05) is 20.1 Å². The quantitative estimate of drug-likeness (QED) is 0.237. The molecule has 0 bridgehead atoms. The van der Waals surface area contributed by atoms with E-state index in [2.05, 4.69) is 26.4 Å². The third-order valence-corrected chi connectivity index (χ3v) is 4.28. The number of benzene rings is 2. The van der Waals surface area contributed by atoms with Crippen molar-refractivity contribution in [2.75, 3.05) is 13.7 Å². The van der Waals surface area contributed by atoms with E-state index in [9.17, 15) is 13.2 Å².